The molecule has 2 aromatic rings. The van der Waals surface area contributed by atoms with E-state index in [9.17, 15) is 19.1 Å². The molecule has 0 unspecified atom stereocenters. The van der Waals surface area contributed by atoms with Crippen molar-refractivity contribution in [1.29, 1.82) is 0 Å². The predicted octanol–water partition coefficient (Wildman–Crippen LogP) is 2.90. The van der Waals surface area contributed by atoms with Gasteiger partial charge in [-0.05, 0) is 42.0 Å². The van der Waals surface area contributed by atoms with Crippen LogP contribution in [0.5, 0.6) is 5.75 Å². The number of hydrogen-bond acceptors (Lipinski definition) is 5. The average molecular weight is 385 g/mol. The van der Waals surface area contributed by atoms with Crippen LogP contribution in [-0.4, -0.2) is 49.1 Å². The van der Waals surface area contributed by atoms with Gasteiger partial charge in [0.2, 0.25) is 0 Å². The summed E-state index contributed by atoms with van der Waals surface area (Å²) in [5, 5.41) is 10.8. The Kier molecular flexibility index (Phi) is 5.75. The van der Waals surface area contributed by atoms with Crippen molar-refractivity contribution in [2.75, 3.05) is 27.4 Å². The van der Waals surface area contributed by atoms with Gasteiger partial charge in [-0.1, -0.05) is 12.1 Å². The molecule has 1 heterocycles. The van der Waals surface area contributed by atoms with E-state index < -0.39 is 23.5 Å². The van der Waals surface area contributed by atoms with Gasteiger partial charge in [0.25, 0.3) is 11.7 Å². The van der Waals surface area contributed by atoms with Crippen LogP contribution in [0, 0.1) is 5.82 Å². The van der Waals surface area contributed by atoms with Gasteiger partial charge in [0, 0.05) is 19.2 Å². The van der Waals surface area contributed by atoms with Gasteiger partial charge in [0.15, 0.2) is 0 Å². The van der Waals surface area contributed by atoms with Crippen LogP contribution in [0.25, 0.3) is 5.76 Å². The van der Waals surface area contributed by atoms with Crippen LogP contribution >= 0.6 is 0 Å². The highest BCUT2D eigenvalue weighted by Crippen LogP contribution is 2.39. The second-order valence-corrected chi connectivity index (χ2v) is 6.27. The number of aliphatic hydroxyl groups is 1. The minimum Gasteiger partial charge on any atom is -0.507 e. The topological polar surface area (TPSA) is 76.1 Å². The number of carbonyl (C=O) groups is 2. The highest BCUT2D eigenvalue weighted by Gasteiger charge is 2.45. The first-order valence-corrected chi connectivity index (χ1v) is 8.65. The van der Waals surface area contributed by atoms with Gasteiger partial charge in [-0.3, -0.25) is 9.59 Å². The van der Waals surface area contributed by atoms with Gasteiger partial charge < -0.3 is 19.5 Å². The zero-order chi connectivity index (χ0) is 20.3. The molecule has 3 rings (SSSR count). The lowest BCUT2D eigenvalue weighted by Crippen LogP contribution is -2.32. The van der Waals surface area contributed by atoms with E-state index in [0.717, 1.165) is 0 Å². The van der Waals surface area contributed by atoms with E-state index in [4.69, 9.17) is 9.47 Å². The van der Waals surface area contributed by atoms with Crippen molar-refractivity contribution in [1.82, 2.24) is 4.90 Å². The van der Waals surface area contributed by atoms with Crippen LogP contribution in [0.2, 0.25) is 0 Å². The molecule has 0 spiro atoms. The molecule has 0 radical (unpaired) electrons. The second kappa shape index (κ2) is 8.22. The maximum absolute atomic E-state index is 13.4. The van der Waals surface area contributed by atoms with E-state index in [1.807, 2.05) is 0 Å². The summed E-state index contributed by atoms with van der Waals surface area (Å²) in [5.41, 5.74) is 0.849. The second-order valence-electron chi connectivity index (χ2n) is 6.27. The molecule has 0 aliphatic carbocycles. The van der Waals surface area contributed by atoms with Crippen LogP contribution in [0.1, 0.15) is 17.2 Å². The molecule has 0 bridgehead atoms. The highest BCUT2D eigenvalue weighted by atomic mass is 19.1. The average Bonchev–Trinajstić information content (AvgIpc) is 2.97. The molecule has 28 heavy (non-hydrogen) atoms. The van der Waals surface area contributed by atoms with E-state index in [0.29, 0.717) is 16.9 Å². The Hall–Kier alpha value is -3.19. The third kappa shape index (κ3) is 3.61. The van der Waals surface area contributed by atoms with Gasteiger partial charge in [-0.2, -0.15) is 0 Å². The summed E-state index contributed by atoms with van der Waals surface area (Å²) in [6, 6.07) is 11.1. The summed E-state index contributed by atoms with van der Waals surface area (Å²) in [6.45, 7) is 0.371. The minimum atomic E-state index is -0.835. The summed E-state index contributed by atoms with van der Waals surface area (Å²) in [7, 11) is 3.01. The summed E-state index contributed by atoms with van der Waals surface area (Å²) in [5.74, 6) is -1.67. The van der Waals surface area contributed by atoms with E-state index in [2.05, 4.69) is 0 Å². The Balaban J connectivity index is 2.12. The smallest absolute Gasteiger partial charge is 0.295 e. The monoisotopic (exact) mass is 385 g/mol. The van der Waals surface area contributed by atoms with Crippen molar-refractivity contribution in [3.63, 3.8) is 0 Å². The SMILES string of the molecule is COCCN1C(=O)C(=O)C(=C(O)c2ccc(OC)cc2)[C@@H]1c1ccc(F)cc1. The van der Waals surface area contributed by atoms with E-state index in [-0.39, 0.29) is 24.5 Å². The lowest BCUT2D eigenvalue weighted by molar-refractivity contribution is -0.140. The fourth-order valence-corrected chi connectivity index (χ4v) is 3.20. The first-order chi connectivity index (χ1) is 13.5. The molecule has 1 atom stereocenters. The summed E-state index contributed by atoms with van der Waals surface area (Å²) >= 11 is 0. The maximum atomic E-state index is 13.4. The Morgan fingerprint density at radius 1 is 1.07 bits per heavy atom. The Morgan fingerprint density at radius 3 is 2.29 bits per heavy atom. The number of halogens is 1. The lowest BCUT2D eigenvalue weighted by atomic mass is 9.95. The van der Waals surface area contributed by atoms with Crippen molar-refractivity contribution in [2.24, 2.45) is 0 Å². The number of benzene rings is 2. The van der Waals surface area contributed by atoms with Crippen LogP contribution in [-0.2, 0) is 14.3 Å². The summed E-state index contributed by atoms with van der Waals surface area (Å²) in [6.07, 6.45) is 0. The molecule has 146 valence electrons. The normalized spacial score (nSPS) is 18.5. The number of carbonyl (C=O) groups excluding carboxylic acids is 2. The number of likely N-dealkylation sites (tertiary alicyclic amines) is 1. The van der Waals surface area contributed by atoms with Crippen molar-refractivity contribution >= 4 is 17.4 Å². The van der Waals surface area contributed by atoms with Crippen molar-refractivity contribution in [3.05, 3.63) is 71.0 Å². The van der Waals surface area contributed by atoms with Gasteiger partial charge in [0.05, 0.1) is 25.3 Å². The number of methoxy groups -OCH3 is 2. The maximum Gasteiger partial charge on any atom is 0.295 e. The molecule has 1 N–H and O–H groups in total. The zero-order valence-corrected chi connectivity index (χ0v) is 15.5. The molecule has 7 heteroatoms. The summed E-state index contributed by atoms with van der Waals surface area (Å²) in [4.78, 5) is 26.6. The number of Topliss-reactive ketones (excluding diaryl/α,β-unsaturated/α-hetero) is 1. The molecule has 1 saturated heterocycles. The molecule has 6 nitrogen and oxygen atoms in total. The molecule has 1 amide bonds. The van der Waals surface area contributed by atoms with Gasteiger partial charge in [-0.15, -0.1) is 0 Å². The first kappa shape index (κ1) is 19.6. The fourth-order valence-electron chi connectivity index (χ4n) is 3.20. The third-order valence-electron chi connectivity index (χ3n) is 4.63. The highest BCUT2D eigenvalue weighted by molar-refractivity contribution is 6.46. The van der Waals surface area contributed by atoms with E-state index >= 15 is 0 Å². The molecule has 2 aromatic carbocycles. The quantitative estimate of drug-likeness (QED) is 0.470. The molecule has 1 aliphatic rings. The molecule has 0 saturated carbocycles. The third-order valence-corrected chi connectivity index (χ3v) is 4.63. The van der Waals surface area contributed by atoms with Gasteiger partial charge in [0.1, 0.15) is 17.3 Å². The van der Waals surface area contributed by atoms with Crippen molar-refractivity contribution in [2.45, 2.75) is 6.04 Å². The zero-order valence-electron chi connectivity index (χ0n) is 15.5. The first-order valence-electron chi connectivity index (χ1n) is 8.65. The number of hydrogen-bond donors (Lipinski definition) is 1. The fraction of sp³-hybridized carbons (Fsp3) is 0.238. The number of ketones is 1. The molecule has 0 aromatic heterocycles. The van der Waals surface area contributed by atoms with Gasteiger partial charge >= 0.3 is 0 Å². The van der Waals surface area contributed by atoms with Crippen LogP contribution in [0.3, 0.4) is 0 Å². The molecule has 1 aliphatic heterocycles. The lowest BCUT2D eigenvalue weighted by Gasteiger charge is -2.25. The number of rotatable bonds is 6. The Labute approximate surface area is 161 Å². The van der Waals surface area contributed by atoms with Crippen molar-refractivity contribution in [3.8, 4) is 5.75 Å². The minimum absolute atomic E-state index is 0.0436. The largest absolute Gasteiger partial charge is 0.507 e. The molecule has 1 fully saturated rings. The predicted molar refractivity (Wildman–Crippen MR) is 100 cm³/mol. The molecular formula is C21H20FNO5. The van der Waals surface area contributed by atoms with Gasteiger partial charge in [-0.25, -0.2) is 4.39 Å². The number of aliphatic hydroxyl groups excluding tert-OH is 1. The van der Waals surface area contributed by atoms with Crippen LogP contribution in [0.4, 0.5) is 4.39 Å². The summed E-state index contributed by atoms with van der Waals surface area (Å²) < 4.78 is 23.5. The van der Waals surface area contributed by atoms with E-state index in [1.54, 1.807) is 24.3 Å². The Bertz CT molecular complexity index is 905. The number of ether oxygens (including phenoxy) is 2. The Morgan fingerprint density at radius 2 is 1.71 bits per heavy atom. The van der Waals surface area contributed by atoms with Crippen LogP contribution < -0.4 is 4.74 Å². The number of nitrogens with zero attached hydrogens (tertiary/aromatic N) is 1. The standard InChI is InChI=1S/C21H20FNO5/c1-27-12-11-23-18(13-3-7-15(22)8-4-13)17(20(25)21(23)26)19(24)14-5-9-16(28-2)10-6-14/h3-10,18,24H,11-12H2,1-2H3/t18-/m0/s1. The van der Waals surface area contributed by atoms with Crippen molar-refractivity contribution < 1.29 is 28.6 Å². The number of amides is 1. The molecular weight excluding hydrogens is 365 g/mol. The van der Waals surface area contributed by atoms with Crippen LogP contribution in [0.15, 0.2) is 54.1 Å². The van der Waals surface area contributed by atoms with E-state index in [1.165, 1.54) is 43.4 Å².